The minimum atomic E-state index is -1.23. The van der Waals surface area contributed by atoms with Crippen LogP contribution >= 0.6 is 0 Å². The fourth-order valence-electron chi connectivity index (χ4n) is 1.15. The third kappa shape index (κ3) is 6.35. The van der Waals surface area contributed by atoms with E-state index in [0.717, 1.165) is 0 Å². The highest BCUT2D eigenvalue weighted by Gasteiger charge is 2.13. The van der Waals surface area contributed by atoms with Gasteiger partial charge in [-0.2, -0.15) is 0 Å². The van der Waals surface area contributed by atoms with Crippen molar-refractivity contribution >= 4 is 17.9 Å². The first-order chi connectivity index (χ1) is 9.84. The maximum absolute atomic E-state index is 10.5. The number of carbonyl (C=O) groups excluding carboxylic acids is 1. The lowest BCUT2D eigenvalue weighted by atomic mass is 10.1. The maximum Gasteiger partial charge on any atom is 0.336 e. The topological polar surface area (TPSA) is 121 Å². The average molecular weight is 296 g/mol. The van der Waals surface area contributed by atoms with Gasteiger partial charge in [-0.25, -0.2) is 14.4 Å². The fraction of sp³-hybridized carbons (Fsp3) is 0.214. The van der Waals surface area contributed by atoms with Gasteiger partial charge in [0.15, 0.2) is 0 Å². The molecule has 0 fully saturated rings. The van der Waals surface area contributed by atoms with Gasteiger partial charge >= 0.3 is 17.9 Å². The van der Waals surface area contributed by atoms with Crippen molar-refractivity contribution in [2.45, 2.75) is 6.92 Å². The molecule has 0 saturated heterocycles. The van der Waals surface area contributed by atoms with Gasteiger partial charge in [0, 0.05) is 0 Å². The Kier molecular flexibility index (Phi) is 8.09. The van der Waals surface area contributed by atoms with Crippen molar-refractivity contribution in [2.24, 2.45) is 0 Å². The lowest BCUT2D eigenvalue weighted by Gasteiger charge is -1.99. The Hall–Kier alpha value is -2.67. The largest absolute Gasteiger partial charge is 0.478 e. The number of hydrogen-bond acceptors (Lipinski definition) is 5. The number of aliphatic hydroxyl groups is 1. The van der Waals surface area contributed by atoms with Gasteiger partial charge in [0.25, 0.3) is 0 Å². The first kappa shape index (κ1) is 18.3. The van der Waals surface area contributed by atoms with Crippen LogP contribution in [0.5, 0.6) is 0 Å². The SMILES string of the molecule is C=C(CO)C(=O)OCC.O=C(O)c1ccccc1C(=O)O. The van der Waals surface area contributed by atoms with E-state index in [2.05, 4.69) is 11.3 Å². The molecule has 0 aliphatic rings. The van der Waals surface area contributed by atoms with E-state index in [1.807, 2.05) is 0 Å². The molecule has 7 heteroatoms. The van der Waals surface area contributed by atoms with Crippen LogP contribution in [0.2, 0.25) is 0 Å². The average Bonchev–Trinajstić information content (AvgIpc) is 2.47. The van der Waals surface area contributed by atoms with Crippen LogP contribution in [0.1, 0.15) is 27.6 Å². The number of rotatable bonds is 5. The molecule has 0 spiro atoms. The summed E-state index contributed by atoms with van der Waals surface area (Å²) in [6, 6.07) is 5.48. The molecule has 0 saturated carbocycles. The Labute approximate surface area is 121 Å². The number of ether oxygens (including phenoxy) is 1. The van der Waals surface area contributed by atoms with Crippen LogP contribution in [0.3, 0.4) is 0 Å². The Morgan fingerprint density at radius 1 is 1.10 bits per heavy atom. The molecule has 0 heterocycles. The number of aromatic carboxylic acids is 2. The van der Waals surface area contributed by atoms with Crippen molar-refractivity contribution in [3.8, 4) is 0 Å². The summed E-state index contributed by atoms with van der Waals surface area (Å²) >= 11 is 0. The molecule has 114 valence electrons. The van der Waals surface area contributed by atoms with Crippen molar-refractivity contribution in [1.82, 2.24) is 0 Å². The summed E-state index contributed by atoms with van der Waals surface area (Å²) in [7, 11) is 0. The second-order valence-electron chi connectivity index (χ2n) is 3.64. The second-order valence-corrected chi connectivity index (χ2v) is 3.64. The van der Waals surface area contributed by atoms with Crippen molar-refractivity contribution in [3.63, 3.8) is 0 Å². The number of carboxylic acids is 2. The molecule has 0 radical (unpaired) electrons. The van der Waals surface area contributed by atoms with Crippen molar-refractivity contribution in [1.29, 1.82) is 0 Å². The Bertz CT molecular complexity index is 501. The molecule has 0 aromatic heterocycles. The zero-order chi connectivity index (χ0) is 16.4. The zero-order valence-electron chi connectivity index (χ0n) is 11.4. The minimum Gasteiger partial charge on any atom is -0.478 e. The third-order valence-corrected chi connectivity index (χ3v) is 2.14. The van der Waals surface area contributed by atoms with Gasteiger partial charge in [-0.3, -0.25) is 0 Å². The fourth-order valence-corrected chi connectivity index (χ4v) is 1.15. The number of benzene rings is 1. The van der Waals surface area contributed by atoms with E-state index in [0.29, 0.717) is 6.61 Å². The monoisotopic (exact) mass is 296 g/mol. The molecular weight excluding hydrogens is 280 g/mol. The van der Waals surface area contributed by atoms with E-state index >= 15 is 0 Å². The van der Waals surface area contributed by atoms with Gasteiger partial charge in [-0.1, -0.05) is 18.7 Å². The predicted octanol–water partition coefficient (Wildman–Crippen LogP) is 1.18. The van der Waals surface area contributed by atoms with Crippen LogP contribution in [0.4, 0.5) is 0 Å². The first-order valence-corrected chi connectivity index (χ1v) is 5.86. The Balaban J connectivity index is 0.000000400. The normalized spacial score (nSPS) is 9.05. The van der Waals surface area contributed by atoms with E-state index < -0.39 is 17.9 Å². The van der Waals surface area contributed by atoms with Gasteiger partial charge < -0.3 is 20.1 Å². The summed E-state index contributed by atoms with van der Waals surface area (Å²) in [5, 5.41) is 25.4. The van der Waals surface area contributed by atoms with Crippen molar-refractivity contribution < 1.29 is 34.4 Å². The highest BCUT2D eigenvalue weighted by Crippen LogP contribution is 2.07. The quantitative estimate of drug-likeness (QED) is 0.551. The van der Waals surface area contributed by atoms with Gasteiger partial charge in [0.05, 0.1) is 29.9 Å². The molecule has 1 aromatic carbocycles. The summed E-state index contributed by atoms with van der Waals surface area (Å²) in [5.41, 5.74) is -0.285. The van der Waals surface area contributed by atoms with Gasteiger partial charge in [0.2, 0.25) is 0 Å². The van der Waals surface area contributed by atoms with Crippen LogP contribution in [0.25, 0.3) is 0 Å². The third-order valence-electron chi connectivity index (χ3n) is 2.14. The van der Waals surface area contributed by atoms with Gasteiger partial charge in [0.1, 0.15) is 0 Å². The molecule has 3 N–H and O–H groups in total. The minimum absolute atomic E-state index is 0.0943. The van der Waals surface area contributed by atoms with E-state index in [1.54, 1.807) is 6.92 Å². The molecule has 1 aromatic rings. The lowest BCUT2D eigenvalue weighted by Crippen LogP contribution is -2.08. The van der Waals surface area contributed by atoms with E-state index in [-0.39, 0.29) is 23.3 Å². The Morgan fingerprint density at radius 3 is 1.81 bits per heavy atom. The van der Waals surface area contributed by atoms with Gasteiger partial charge in [-0.05, 0) is 19.1 Å². The van der Waals surface area contributed by atoms with E-state index in [9.17, 15) is 14.4 Å². The molecule has 0 aliphatic heterocycles. The molecule has 0 aliphatic carbocycles. The molecule has 21 heavy (non-hydrogen) atoms. The van der Waals surface area contributed by atoms with Crippen molar-refractivity contribution in [2.75, 3.05) is 13.2 Å². The molecule has 1 rings (SSSR count). The standard InChI is InChI=1S/C8H6O4.C6H10O3/c9-7(10)5-3-1-2-4-6(5)8(11)12;1-3-9-6(8)5(2)4-7/h1-4H,(H,9,10)(H,11,12);7H,2-4H2,1H3. The summed E-state index contributed by atoms with van der Waals surface area (Å²) in [5.74, 6) is -2.99. The molecule has 0 bridgehead atoms. The summed E-state index contributed by atoms with van der Waals surface area (Å²) in [4.78, 5) is 31.4. The number of carboxylic acid groups (broad SMARTS) is 2. The number of esters is 1. The van der Waals surface area contributed by atoms with Crippen LogP contribution in [-0.2, 0) is 9.53 Å². The highest BCUT2D eigenvalue weighted by molar-refractivity contribution is 6.01. The molecule has 0 atom stereocenters. The lowest BCUT2D eigenvalue weighted by molar-refractivity contribution is -0.138. The summed E-state index contributed by atoms with van der Waals surface area (Å²) in [6.07, 6.45) is 0. The predicted molar refractivity (Wildman–Crippen MR) is 73.2 cm³/mol. The molecule has 0 amide bonds. The van der Waals surface area contributed by atoms with Crippen LogP contribution < -0.4 is 0 Å². The highest BCUT2D eigenvalue weighted by atomic mass is 16.5. The summed E-state index contributed by atoms with van der Waals surface area (Å²) in [6.45, 7) is 4.95. The van der Waals surface area contributed by atoms with Crippen LogP contribution in [0, 0.1) is 0 Å². The molecule has 0 unspecified atom stereocenters. The Morgan fingerprint density at radius 2 is 1.52 bits per heavy atom. The number of carbonyl (C=O) groups is 3. The smallest absolute Gasteiger partial charge is 0.336 e. The maximum atomic E-state index is 10.5. The second kappa shape index (κ2) is 9.27. The number of aliphatic hydroxyl groups excluding tert-OH is 1. The molecular formula is C14H16O7. The first-order valence-electron chi connectivity index (χ1n) is 5.86. The summed E-state index contributed by atoms with van der Waals surface area (Å²) < 4.78 is 4.50. The zero-order valence-corrected chi connectivity index (χ0v) is 11.4. The van der Waals surface area contributed by atoms with Crippen LogP contribution in [-0.4, -0.2) is 46.4 Å². The van der Waals surface area contributed by atoms with Crippen LogP contribution in [0.15, 0.2) is 36.4 Å². The van der Waals surface area contributed by atoms with Crippen molar-refractivity contribution in [3.05, 3.63) is 47.5 Å². The number of hydrogen-bond donors (Lipinski definition) is 3. The van der Waals surface area contributed by atoms with E-state index in [4.69, 9.17) is 15.3 Å². The van der Waals surface area contributed by atoms with Gasteiger partial charge in [-0.15, -0.1) is 0 Å². The van der Waals surface area contributed by atoms with E-state index in [1.165, 1.54) is 24.3 Å². The molecule has 7 nitrogen and oxygen atoms in total.